The van der Waals surface area contributed by atoms with Crippen molar-refractivity contribution >= 4 is 17.7 Å². The maximum atomic E-state index is 12.8. The van der Waals surface area contributed by atoms with E-state index in [1.54, 1.807) is 44.3 Å². The number of nitro groups is 1. The van der Waals surface area contributed by atoms with Gasteiger partial charge in [-0.05, 0) is 36.3 Å². The van der Waals surface area contributed by atoms with E-state index in [0.29, 0.717) is 11.1 Å². The van der Waals surface area contributed by atoms with Gasteiger partial charge in [-0.25, -0.2) is 4.39 Å². The van der Waals surface area contributed by atoms with E-state index in [0.717, 1.165) is 0 Å². The molecular weight excluding hydrogens is 311 g/mol. The molecule has 1 atom stereocenters. The molecule has 0 bridgehead atoms. The number of nitro benzene ring substituents is 1. The molecule has 2 aromatic rings. The summed E-state index contributed by atoms with van der Waals surface area (Å²) < 4.78 is 12.8. The van der Waals surface area contributed by atoms with Gasteiger partial charge in [0.25, 0.3) is 5.69 Å². The van der Waals surface area contributed by atoms with Gasteiger partial charge < -0.3 is 4.90 Å². The first-order valence-corrected chi connectivity index (χ1v) is 7.33. The highest BCUT2D eigenvalue weighted by Gasteiger charge is 2.17. The molecule has 5 nitrogen and oxygen atoms in total. The highest BCUT2D eigenvalue weighted by molar-refractivity contribution is 5.91. The summed E-state index contributed by atoms with van der Waals surface area (Å²) in [6.07, 6.45) is 2.99. The average molecular weight is 328 g/mol. The minimum Gasteiger partial charge on any atom is -0.335 e. The number of likely N-dealkylation sites (N-methyl/N-ethyl adjacent to an activating group) is 1. The molecule has 0 aliphatic carbocycles. The van der Waals surface area contributed by atoms with Gasteiger partial charge in [-0.1, -0.05) is 24.3 Å². The summed E-state index contributed by atoms with van der Waals surface area (Å²) in [5.41, 5.74) is 1.37. The molecule has 0 radical (unpaired) electrons. The van der Waals surface area contributed by atoms with Crippen molar-refractivity contribution in [3.8, 4) is 0 Å². The van der Waals surface area contributed by atoms with Crippen LogP contribution in [0.1, 0.15) is 24.1 Å². The van der Waals surface area contributed by atoms with Gasteiger partial charge in [0.2, 0.25) is 5.91 Å². The number of halogens is 1. The zero-order valence-electron chi connectivity index (χ0n) is 13.3. The number of nitrogens with zero attached hydrogens (tertiary/aromatic N) is 2. The van der Waals surface area contributed by atoms with Crippen LogP contribution in [-0.4, -0.2) is 22.8 Å². The van der Waals surface area contributed by atoms with E-state index >= 15 is 0 Å². The summed E-state index contributed by atoms with van der Waals surface area (Å²) in [5.74, 6) is -0.590. The maximum absolute atomic E-state index is 12.8. The molecule has 0 spiro atoms. The molecule has 2 aromatic carbocycles. The molecular formula is C18H17FN2O3. The van der Waals surface area contributed by atoms with Gasteiger partial charge in [-0.15, -0.1) is 0 Å². The van der Waals surface area contributed by atoms with Crippen molar-refractivity contribution in [3.05, 3.63) is 81.7 Å². The first-order valence-electron chi connectivity index (χ1n) is 7.33. The van der Waals surface area contributed by atoms with E-state index in [9.17, 15) is 19.3 Å². The summed E-state index contributed by atoms with van der Waals surface area (Å²) in [6.45, 7) is 1.79. The Morgan fingerprint density at radius 1 is 1.25 bits per heavy atom. The third-order valence-electron chi connectivity index (χ3n) is 3.78. The normalized spacial score (nSPS) is 12.1. The van der Waals surface area contributed by atoms with E-state index < -0.39 is 4.92 Å². The van der Waals surface area contributed by atoms with Crippen LogP contribution in [0.4, 0.5) is 10.1 Å². The van der Waals surface area contributed by atoms with E-state index in [4.69, 9.17) is 0 Å². The molecule has 0 aromatic heterocycles. The second-order valence-corrected chi connectivity index (χ2v) is 5.36. The SMILES string of the molecule is C[C@H](c1cccc([N+](=O)[O-])c1)N(C)C(=O)/C=C/c1ccc(F)cc1. The second-order valence-electron chi connectivity index (χ2n) is 5.36. The van der Waals surface area contributed by atoms with Gasteiger partial charge in [-0.3, -0.25) is 14.9 Å². The number of benzene rings is 2. The van der Waals surface area contributed by atoms with Crippen molar-refractivity contribution in [2.45, 2.75) is 13.0 Å². The van der Waals surface area contributed by atoms with Crippen LogP contribution in [0.15, 0.2) is 54.6 Å². The van der Waals surface area contributed by atoms with Crippen LogP contribution in [-0.2, 0) is 4.79 Å². The minimum atomic E-state index is -0.466. The van der Waals surface area contributed by atoms with Gasteiger partial charge in [-0.2, -0.15) is 0 Å². The van der Waals surface area contributed by atoms with Gasteiger partial charge >= 0.3 is 0 Å². The van der Waals surface area contributed by atoms with Crippen LogP contribution in [0.3, 0.4) is 0 Å². The van der Waals surface area contributed by atoms with Crippen LogP contribution in [0.2, 0.25) is 0 Å². The average Bonchev–Trinajstić information content (AvgIpc) is 2.59. The first kappa shape index (κ1) is 17.3. The predicted octanol–water partition coefficient (Wildman–Crippen LogP) is 3.97. The molecule has 124 valence electrons. The molecule has 24 heavy (non-hydrogen) atoms. The van der Waals surface area contributed by atoms with Crippen molar-refractivity contribution in [1.82, 2.24) is 4.90 Å². The van der Waals surface area contributed by atoms with Crippen LogP contribution >= 0.6 is 0 Å². The summed E-state index contributed by atoms with van der Waals surface area (Å²) in [6, 6.07) is 11.7. The molecule has 1 amide bonds. The summed E-state index contributed by atoms with van der Waals surface area (Å²) in [7, 11) is 1.63. The molecule has 6 heteroatoms. The van der Waals surface area contributed by atoms with Crippen molar-refractivity contribution in [1.29, 1.82) is 0 Å². The lowest BCUT2D eigenvalue weighted by atomic mass is 10.1. The van der Waals surface area contributed by atoms with Gasteiger partial charge in [0.1, 0.15) is 5.82 Å². The Morgan fingerprint density at radius 3 is 2.54 bits per heavy atom. The third-order valence-corrected chi connectivity index (χ3v) is 3.78. The monoisotopic (exact) mass is 328 g/mol. The number of hydrogen-bond donors (Lipinski definition) is 0. The maximum Gasteiger partial charge on any atom is 0.269 e. The zero-order valence-corrected chi connectivity index (χ0v) is 13.3. The Kier molecular flexibility index (Phi) is 5.42. The summed E-state index contributed by atoms with van der Waals surface area (Å²) in [5, 5.41) is 10.8. The van der Waals surface area contributed by atoms with Gasteiger partial charge in [0, 0.05) is 25.3 Å². The smallest absolute Gasteiger partial charge is 0.269 e. The molecule has 0 saturated heterocycles. The Morgan fingerprint density at radius 2 is 1.92 bits per heavy atom. The molecule has 0 unspecified atom stereocenters. The summed E-state index contributed by atoms with van der Waals surface area (Å²) in [4.78, 5) is 24.1. The van der Waals surface area contributed by atoms with Crippen molar-refractivity contribution in [2.75, 3.05) is 7.05 Å². The lowest BCUT2D eigenvalue weighted by molar-refractivity contribution is -0.384. The largest absolute Gasteiger partial charge is 0.335 e. The van der Waals surface area contributed by atoms with E-state index in [1.807, 2.05) is 0 Å². The molecule has 0 heterocycles. The summed E-state index contributed by atoms with van der Waals surface area (Å²) >= 11 is 0. The fraction of sp³-hybridized carbons (Fsp3) is 0.167. The molecule has 2 rings (SSSR count). The van der Waals surface area contributed by atoms with Gasteiger partial charge in [0.05, 0.1) is 11.0 Å². The third kappa shape index (κ3) is 4.25. The van der Waals surface area contributed by atoms with Crippen LogP contribution in [0.5, 0.6) is 0 Å². The number of carbonyl (C=O) groups is 1. The first-order chi connectivity index (χ1) is 11.4. The number of amides is 1. The Balaban J connectivity index is 2.10. The second kappa shape index (κ2) is 7.50. The van der Waals surface area contributed by atoms with Gasteiger partial charge in [0.15, 0.2) is 0 Å². The zero-order chi connectivity index (χ0) is 17.7. The molecule has 0 N–H and O–H groups in total. The van der Waals surface area contributed by atoms with E-state index in [-0.39, 0.29) is 23.5 Å². The van der Waals surface area contributed by atoms with E-state index in [1.165, 1.54) is 35.2 Å². The number of hydrogen-bond acceptors (Lipinski definition) is 3. The number of carbonyl (C=O) groups excluding carboxylic acids is 1. The number of rotatable bonds is 5. The highest BCUT2D eigenvalue weighted by atomic mass is 19.1. The molecule has 0 saturated carbocycles. The topological polar surface area (TPSA) is 63.5 Å². The van der Waals surface area contributed by atoms with E-state index in [2.05, 4.69) is 0 Å². The molecule has 0 fully saturated rings. The molecule has 0 aliphatic heterocycles. The van der Waals surface area contributed by atoms with Crippen LogP contribution < -0.4 is 0 Å². The van der Waals surface area contributed by atoms with Crippen LogP contribution in [0, 0.1) is 15.9 Å². The quantitative estimate of drug-likeness (QED) is 0.474. The highest BCUT2D eigenvalue weighted by Crippen LogP contribution is 2.23. The van der Waals surface area contributed by atoms with Crippen molar-refractivity contribution in [3.63, 3.8) is 0 Å². The number of non-ortho nitro benzene ring substituents is 1. The lowest BCUT2D eigenvalue weighted by Gasteiger charge is -2.24. The van der Waals surface area contributed by atoms with Crippen LogP contribution in [0.25, 0.3) is 6.08 Å². The predicted molar refractivity (Wildman–Crippen MR) is 89.7 cm³/mol. The standard InChI is InChI=1S/C18H17FN2O3/c1-13(15-4-3-5-17(12-15)21(23)24)20(2)18(22)11-8-14-6-9-16(19)10-7-14/h3-13H,1-2H3/b11-8+/t13-/m1/s1. The fourth-order valence-electron chi connectivity index (χ4n) is 2.17. The molecule has 0 aliphatic rings. The Hall–Kier alpha value is -3.02. The van der Waals surface area contributed by atoms with Crippen molar-refractivity contribution in [2.24, 2.45) is 0 Å². The fourth-order valence-corrected chi connectivity index (χ4v) is 2.17. The minimum absolute atomic E-state index is 0.0120. The Bertz CT molecular complexity index is 772. The van der Waals surface area contributed by atoms with Crippen molar-refractivity contribution < 1.29 is 14.1 Å². The Labute approximate surface area is 139 Å². The lowest BCUT2D eigenvalue weighted by Crippen LogP contribution is -2.28.